The number of carbonyl (C=O) groups excluding carboxylic acids is 1. The number of thiazole rings is 1. The molecule has 6 heteroatoms. The number of aliphatic hydroxyl groups is 1. The van der Waals surface area contributed by atoms with Crippen molar-refractivity contribution in [2.75, 3.05) is 6.54 Å². The number of urea groups is 1. The van der Waals surface area contributed by atoms with Crippen LogP contribution in [0.4, 0.5) is 4.79 Å². The molecule has 1 heterocycles. The first-order valence-electron chi connectivity index (χ1n) is 6.17. The lowest BCUT2D eigenvalue weighted by Gasteiger charge is -2.13. The highest BCUT2D eigenvalue weighted by atomic mass is 32.1. The molecule has 0 fully saturated rings. The van der Waals surface area contributed by atoms with E-state index in [0.717, 1.165) is 10.7 Å². The largest absolute Gasteiger partial charge is 0.393 e. The van der Waals surface area contributed by atoms with Crippen molar-refractivity contribution < 1.29 is 9.90 Å². The van der Waals surface area contributed by atoms with Crippen molar-refractivity contribution in [1.29, 1.82) is 0 Å². The zero-order valence-electron chi connectivity index (χ0n) is 11.1. The van der Waals surface area contributed by atoms with Gasteiger partial charge in [0.25, 0.3) is 0 Å². The summed E-state index contributed by atoms with van der Waals surface area (Å²) in [6, 6.07) is -0.321. The molecule has 3 N–H and O–H groups in total. The molecule has 1 aromatic rings. The van der Waals surface area contributed by atoms with Crippen molar-refractivity contribution in [3.05, 3.63) is 16.1 Å². The van der Waals surface area contributed by atoms with Gasteiger partial charge >= 0.3 is 6.03 Å². The van der Waals surface area contributed by atoms with Crippen LogP contribution in [-0.4, -0.2) is 28.8 Å². The predicted octanol–water partition coefficient (Wildman–Crippen LogP) is 1.97. The van der Waals surface area contributed by atoms with Gasteiger partial charge in [-0.25, -0.2) is 9.78 Å². The zero-order chi connectivity index (χ0) is 13.5. The third kappa shape index (κ3) is 5.01. The number of nitrogens with one attached hydrogen (secondary N) is 2. The number of hydrogen-bond acceptors (Lipinski definition) is 4. The molecule has 1 aromatic heterocycles. The minimum atomic E-state index is -0.343. The summed E-state index contributed by atoms with van der Waals surface area (Å²) in [5.41, 5.74) is 0.968. The summed E-state index contributed by atoms with van der Waals surface area (Å²) in [7, 11) is 0. The van der Waals surface area contributed by atoms with E-state index in [4.69, 9.17) is 0 Å². The Kier molecular flexibility index (Phi) is 6.07. The van der Waals surface area contributed by atoms with Crippen LogP contribution < -0.4 is 10.6 Å². The fourth-order valence-electron chi connectivity index (χ4n) is 1.44. The van der Waals surface area contributed by atoms with Crippen LogP contribution in [0.25, 0.3) is 0 Å². The number of aliphatic hydroxyl groups excluding tert-OH is 1. The van der Waals surface area contributed by atoms with Crippen molar-refractivity contribution in [3.63, 3.8) is 0 Å². The maximum absolute atomic E-state index is 11.6. The number of nitrogens with zero attached hydrogens (tertiary/aromatic N) is 1. The minimum Gasteiger partial charge on any atom is -0.393 e. The molecule has 0 aliphatic heterocycles. The molecule has 2 unspecified atom stereocenters. The monoisotopic (exact) mass is 271 g/mol. The van der Waals surface area contributed by atoms with Gasteiger partial charge in [0.15, 0.2) is 0 Å². The van der Waals surface area contributed by atoms with E-state index < -0.39 is 0 Å². The van der Waals surface area contributed by atoms with E-state index >= 15 is 0 Å². The third-order valence-corrected chi connectivity index (χ3v) is 3.73. The summed E-state index contributed by atoms with van der Waals surface area (Å²) in [4.78, 5) is 15.9. The van der Waals surface area contributed by atoms with Crippen molar-refractivity contribution in [2.45, 2.75) is 45.8 Å². The normalized spacial score (nSPS) is 14.0. The van der Waals surface area contributed by atoms with Crippen LogP contribution in [0.3, 0.4) is 0 Å². The van der Waals surface area contributed by atoms with Gasteiger partial charge in [-0.3, -0.25) is 0 Å². The van der Waals surface area contributed by atoms with Crippen LogP contribution in [0.5, 0.6) is 0 Å². The molecule has 1 rings (SSSR count). The standard InChI is InChI=1S/C12H21N3O2S/c1-4-10(16)5-6-13-12(17)15-9(3)11-14-8(2)7-18-11/h7,9-10,16H,4-6H2,1-3H3,(H2,13,15,17). The maximum Gasteiger partial charge on any atom is 0.315 e. The maximum atomic E-state index is 11.6. The molecule has 0 spiro atoms. The highest BCUT2D eigenvalue weighted by molar-refractivity contribution is 7.09. The zero-order valence-corrected chi connectivity index (χ0v) is 11.9. The van der Waals surface area contributed by atoms with Crippen molar-refractivity contribution in [2.24, 2.45) is 0 Å². The van der Waals surface area contributed by atoms with E-state index in [1.807, 2.05) is 26.2 Å². The third-order valence-electron chi connectivity index (χ3n) is 2.59. The second kappa shape index (κ2) is 7.33. The van der Waals surface area contributed by atoms with Gasteiger partial charge in [0.05, 0.1) is 12.1 Å². The Bertz CT molecular complexity index is 381. The molecule has 2 atom stereocenters. The van der Waals surface area contributed by atoms with Crippen LogP contribution in [0.1, 0.15) is 43.4 Å². The van der Waals surface area contributed by atoms with Crippen molar-refractivity contribution in [3.8, 4) is 0 Å². The number of aryl methyl sites for hydroxylation is 1. The first kappa shape index (κ1) is 14.9. The molecular formula is C12H21N3O2S. The summed E-state index contributed by atoms with van der Waals surface area (Å²) in [6.45, 7) is 6.22. The topological polar surface area (TPSA) is 74.2 Å². The lowest BCUT2D eigenvalue weighted by atomic mass is 10.2. The van der Waals surface area contributed by atoms with Gasteiger partial charge in [-0.2, -0.15) is 0 Å². The van der Waals surface area contributed by atoms with Crippen LogP contribution in [0.2, 0.25) is 0 Å². The molecule has 0 saturated carbocycles. The second-order valence-electron chi connectivity index (χ2n) is 4.30. The fourth-order valence-corrected chi connectivity index (χ4v) is 2.24. The van der Waals surface area contributed by atoms with Gasteiger partial charge in [-0.15, -0.1) is 11.3 Å². The molecule has 0 aromatic carbocycles. The number of amides is 2. The Balaban J connectivity index is 2.27. The first-order valence-corrected chi connectivity index (χ1v) is 7.05. The molecule has 0 bridgehead atoms. The van der Waals surface area contributed by atoms with Gasteiger partial charge in [0, 0.05) is 17.6 Å². The Morgan fingerprint density at radius 1 is 1.61 bits per heavy atom. The molecule has 0 radical (unpaired) electrons. The quantitative estimate of drug-likeness (QED) is 0.740. The smallest absolute Gasteiger partial charge is 0.315 e. The Hall–Kier alpha value is -1.14. The van der Waals surface area contributed by atoms with E-state index in [-0.39, 0.29) is 18.2 Å². The van der Waals surface area contributed by atoms with Crippen LogP contribution in [0, 0.1) is 6.92 Å². The molecule has 0 saturated heterocycles. The first-order chi connectivity index (χ1) is 8.52. The molecule has 102 valence electrons. The van der Waals surface area contributed by atoms with E-state index in [1.165, 1.54) is 11.3 Å². The summed E-state index contributed by atoms with van der Waals surface area (Å²) in [5, 5.41) is 17.8. The lowest BCUT2D eigenvalue weighted by molar-refractivity contribution is 0.160. The average molecular weight is 271 g/mol. The molecule has 0 aliphatic carbocycles. The highest BCUT2D eigenvalue weighted by Gasteiger charge is 2.12. The molecule has 2 amide bonds. The number of carbonyl (C=O) groups is 1. The summed E-state index contributed by atoms with van der Waals surface area (Å²) in [5.74, 6) is 0. The predicted molar refractivity (Wildman–Crippen MR) is 72.7 cm³/mol. The summed E-state index contributed by atoms with van der Waals surface area (Å²) < 4.78 is 0. The SMILES string of the molecule is CCC(O)CCNC(=O)NC(C)c1nc(C)cs1. The fraction of sp³-hybridized carbons (Fsp3) is 0.667. The van der Waals surface area contributed by atoms with E-state index in [2.05, 4.69) is 15.6 Å². The Labute approximate surface area is 112 Å². The Morgan fingerprint density at radius 3 is 2.89 bits per heavy atom. The molecule has 18 heavy (non-hydrogen) atoms. The van der Waals surface area contributed by atoms with Gasteiger partial charge in [0.1, 0.15) is 5.01 Å². The minimum absolute atomic E-state index is 0.0974. The summed E-state index contributed by atoms with van der Waals surface area (Å²) >= 11 is 1.54. The van der Waals surface area contributed by atoms with Crippen molar-refractivity contribution >= 4 is 17.4 Å². The van der Waals surface area contributed by atoms with Crippen molar-refractivity contribution in [1.82, 2.24) is 15.6 Å². The molecule has 0 aliphatic rings. The van der Waals surface area contributed by atoms with Crippen LogP contribution >= 0.6 is 11.3 Å². The van der Waals surface area contributed by atoms with E-state index in [0.29, 0.717) is 19.4 Å². The molecular weight excluding hydrogens is 250 g/mol. The molecule has 5 nitrogen and oxygen atoms in total. The average Bonchev–Trinajstić information content (AvgIpc) is 2.75. The number of aromatic nitrogens is 1. The van der Waals surface area contributed by atoms with Crippen LogP contribution in [-0.2, 0) is 0 Å². The van der Waals surface area contributed by atoms with Gasteiger partial charge < -0.3 is 15.7 Å². The highest BCUT2D eigenvalue weighted by Crippen LogP contribution is 2.16. The Morgan fingerprint density at radius 2 is 2.33 bits per heavy atom. The lowest BCUT2D eigenvalue weighted by Crippen LogP contribution is -2.38. The van der Waals surface area contributed by atoms with Gasteiger partial charge in [-0.1, -0.05) is 6.92 Å². The van der Waals surface area contributed by atoms with Gasteiger partial charge in [0.2, 0.25) is 0 Å². The number of rotatable bonds is 6. The summed E-state index contributed by atoms with van der Waals surface area (Å²) in [6.07, 6.45) is 0.941. The number of hydrogen-bond donors (Lipinski definition) is 3. The van der Waals surface area contributed by atoms with Gasteiger partial charge in [-0.05, 0) is 26.7 Å². The van der Waals surface area contributed by atoms with E-state index in [9.17, 15) is 9.90 Å². The second-order valence-corrected chi connectivity index (χ2v) is 5.19. The van der Waals surface area contributed by atoms with Crippen LogP contribution in [0.15, 0.2) is 5.38 Å². The van der Waals surface area contributed by atoms with E-state index in [1.54, 1.807) is 0 Å².